The van der Waals surface area contributed by atoms with Gasteiger partial charge < -0.3 is 0 Å². The molecule has 6 nitrogen and oxygen atoms in total. The smallest absolute Gasteiger partial charge is 0.146 e. The Kier molecular flexibility index (Phi) is 4.81. The Labute approximate surface area is 119 Å². The lowest BCUT2D eigenvalue weighted by Gasteiger charge is -2.15. The normalized spacial score (nSPS) is 12.6. The van der Waals surface area contributed by atoms with Crippen LogP contribution in [0.5, 0.6) is 0 Å². The molecule has 6 heteroatoms. The second-order valence-corrected chi connectivity index (χ2v) is 4.84. The highest BCUT2D eigenvalue weighted by molar-refractivity contribution is 5.14. The third-order valence-corrected chi connectivity index (χ3v) is 3.30. The highest BCUT2D eigenvalue weighted by atomic mass is 15.3. The largest absolute Gasteiger partial charge is 0.271 e. The molecular weight excluding hydrogens is 252 g/mol. The summed E-state index contributed by atoms with van der Waals surface area (Å²) in [6, 6.07) is 2.02. The number of rotatable bonds is 6. The summed E-state index contributed by atoms with van der Waals surface area (Å²) in [5, 5.41) is 4.55. The van der Waals surface area contributed by atoms with Gasteiger partial charge in [0.25, 0.3) is 0 Å². The van der Waals surface area contributed by atoms with Crippen molar-refractivity contribution in [1.29, 1.82) is 0 Å². The molecule has 0 aliphatic carbocycles. The molecule has 3 N–H and O–H groups in total. The van der Waals surface area contributed by atoms with Crippen molar-refractivity contribution in [2.75, 3.05) is 0 Å². The van der Waals surface area contributed by atoms with Crippen molar-refractivity contribution in [2.45, 2.75) is 46.2 Å². The monoisotopic (exact) mass is 274 g/mol. The molecule has 1 unspecified atom stereocenters. The number of aryl methyl sites for hydroxylation is 3. The zero-order chi connectivity index (χ0) is 14.5. The van der Waals surface area contributed by atoms with E-state index in [1.54, 1.807) is 12.4 Å². The van der Waals surface area contributed by atoms with E-state index in [0.29, 0.717) is 5.82 Å². The molecule has 0 saturated carbocycles. The minimum atomic E-state index is -0.109. The van der Waals surface area contributed by atoms with Crippen LogP contribution >= 0.6 is 0 Å². The summed E-state index contributed by atoms with van der Waals surface area (Å²) in [6.45, 7) is 7.01. The summed E-state index contributed by atoms with van der Waals surface area (Å²) in [5.41, 5.74) is 6.09. The number of hydrogen-bond donors (Lipinski definition) is 2. The number of aromatic nitrogens is 4. The molecule has 0 spiro atoms. The molecule has 2 aromatic rings. The summed E-state index contributed by atoms with van der Waals surface area (Å²) >= 11 is 0. The Morgan fingerprint density at radius 1 is 1.30 bits per heavy atom. The van der Waals surface area contributed by atoms with E-state index in [1.165, 1.54) is 0 Å². The van der Waals surface area contributed by atoms with E-state index in [-0.39, 0.29) is 6.04 Å². The quantitative estimate of drug-likeness (QED) is 0.613. The van der Waals surface area contributed by atoms with Crippen LogP contribution in [-0.2, 0) is 19.4 Å². The van der Waals surface area contributed by atoms with Gasteiger partial charge in [0.1, 0.15) is 5.82 Å². The van der Waals surface area contributed by atoms with E-state index in [1.807, 2.05) is 11.6 Å². The minimum absolute atomic E-state index is 0.109. The van der Waals surface area contributed by atoms with Crippen LogP contribution < -0.4 is 11.3 Å². The molecule has 20 heavy (non-hydrogen) atoms. The Balaban J connectivity index is 2.21. The third-order valence-electron chi connectivity index (χ3n) is 3.30. The van der Waals surface area contributed by atoms with E-state index >= 15 is 0 Å². The molecule has 0 aromatic carbocycles. The number of hydrogen-bond acceptors (Lipinski definition) is 5. The number of hydrazine groups is 1. The van der Waals surface area contributed by atoms with Crippen molar-refractivity contribution in [2.24, 2.45) is 5.84 Å². The van der Waals surface area contributed by atoms with Gasteiger partial charge in [-0.1, -0.05) is 6.92 Å². The van der Waals surface area contributed by atoms with Gasteiger partial charge in [0.2, 0.25) is 0 Å². The first-order valence-electron chi connectivity index (χ1n) is 6.98. The topological polar surface area (TPSA) is 81.6 Å². The maximum atomic E-state index is 5.66. The zero-order valence-corrected chi connectivity index (χ0v) is 12.3. The predicted octanol–water partition coefficient (Wildman–Crippen LogP) is 1.31. The average Bonchev–Trinajstić information content (AvgIpc) is 2.88. The van der Waals surface area contributed by atoms with Crippen LogP contribution in [-0.4, -0.2) is 19.7 Å². The fraction of sp³-hybridized carbons (Fsp3) is 0.500. The van der Waals surface area contributed by atoms with Crippen molar-refractivity contribution in [3.63, 3.8) is 0 Å². The molecular formula is C14H22N6. The van der Waals surface area contributed by atoms with Gasteiger partial charge in [-0.05, 0) is 31.9 Å². The highest BCUT2D eigenvalue weighted by Crippen LogP contribution is 2.16. The SMILES string of the molecule is CCc1cc(CC(NN)c2ncc(C)cn2)n(CC)n1. The maximum Gasteiger partial charge on any atom is 0.146 e. The van der Waals surface area contributed by atoms with Crippen molar-refractivity contribution in [3.05, 3.63) is 41.2 Å². The Hall–Kier alpha value is -1.79. The van der Waals surface area contributed by atoms with Gasteiger partial charge in [0.05, 0.1) is 11.7 Å². The van der Waals surface area contributed by atoms with Gasteiger partial charge in [-0.2, -0.15) is 5.10 Å². The van der Waals surface area contributed by atoms with E-state index in [9.17, 15) is 0 Å². The van der Waals surface area contributed by atoms with Crippen LogP contribution in [0.4, 0.5) is 0 Å². The van der Waals surface area contributed by atoms with Gasteiger partial charge in [0.15, 0.2) is 0 Å². The highest BCUT2D eigenvalue weighted by Gasteiger charge is 2.16. The van der Waals surface area contributed by atoms with E-state index < -0.39 is 0 Å². The fourth-order valence-electron chi connectivity index (χ4n) is 2.14. The Morgan fingerprint density at radius 3 is 2.55 bits per heavy atom. The van der Waals surface area contributed by atoms with E-state index in [0.717, 1.165) is 36.3 Å². The minimum Gasteiger partial charge on any atom is -0.271 e. The Bertz CT molecular complexity index is 545. The van der Waals surface area contributed by atoms with E-state index in [4.69, 9.17) is 5.84 Å². The number of nitrogens with two attached hydrogens (primary N) is 1. The summed E-state index contributed by atoms with van der Waals surface area (Å²) in [6.07, 6.45) is 5.27. The summed E-state index contributed by atoms with van der Waals surface area (Å²) in [5.74, 6) is 6.37. The van der Waals surface area contributed by atoms with Gasteiger partial charge in [0, 0.05) is 31.1 Å². The predicted molar refractivity (Wildman–Crippen MR) is 77.8 cm³/mol. The van der Waals surface area contributed by atoms with Crippen molar-refractivity contribution in [3.8, 4) is 0 Å². The maximum absolute atomic E-state index is 5.66. The van der Waals surface area contributed by atoms with Crippen LogP contribution in [0.3, 0.4) is 0 Å². The average molecular weight is 274 g/mol. The first-order chi connectivity index (χ1) is 9.67. The molecule has 108 valence electrons. The summed E-state index contributed by atoms with van der Waals surface area (Å²) in [7, 11) is 0. The molecule has 0 amide bonds. The van der Waals surface area contributed by atoms with Crippen LogP contribution in [0.25, 0.3) is 0 Å². The zero-order valence-electron chi connectivity index (χ0n) is 12.3. The van der Waals surface area contributed by atoms with Crippen LogP contribution in [0.2, 0.25) is 0 Å². The molecule has 0 bridgehead atoms. The summed E-state index contributed by atoms with van der Waals surface area (Å²) < 4.78 is 2.01. The lowest BCUT2D eigenvalue weighted by Crippen LogP contribution is -2.31. The standard InChI is InChI=1S/C14H22N6/c1-4-11-6-12(20(5-2)19-11)7-13(18-15)14-16-8-10(3)9-17-14/h6,8-9,13,18H,4-5,7,15H2,1-3H3. The second-order valence-electron chi connectivity index (χ2n) is 4.84. The van der Waals surface area contributed by atoms with Crippen LogP contribution in [0.1, 0.15) is 42.7 Å². The lowest BCUT2D eigenvalue weighted by molar-refractivity contribution is 0.495. The fourth-order valence-corrected chi connectivity index (χ4v) is 2.14. The third kappa shape index (κ3) is 3.20. The van der Waals surface area contributed by atoms with Crippen molar-refractivity contribution >= 4 is 0 Å². The molecule has 2 rings (SSSR count). The molecule has 0 fully saturated rings. The molecule has 0 aliphatic rings. The van der Waals surface area contributed by atoms with Crippen LogP contribution in [0, 0.1) is 6.92 Å². The first-order valence-corrected chi connectivity index (χ1v) is 6.98. The molecule has 0 aliphatic heterocycles. The van der Waals surface area contributed by atoms with Gasteiger partial charge in [-0.25, -0.2) is 15.4 Å². The number of nitrogens with zero attached hydrogens (tertiary/aromatic N) is 4. The lowest BCUT2D eigenvalue weighted by atomic mass is 10.1. The molecule has 2 aromatic heterocycles. The second kappa shape index (κ2) is 6.58. The van der Waals surface area contributed by atoms with Crippen molar-refractivity contribution in [1.82, 2.24) is 25.2 Å². The summed E-state index contributed by atoms with van der Waals surface area (Å²) in [4.78, 5) is 8.69. The van der Waals surface area contributed by atoms with E-state index in [2.05, 4.69) is 40.4 Å². The molecule has 1 atom stereocenters. The Morgan fingerprint density at radius 2 is 2.00 bits per heavy atom. The molecule has 0 radical (unpaired) electrons. The molecule has 0 saturated heterocycles. The van der Waals surface area contributed by atoms with Gasteiger partial charge in [-0.15, -0.1) is 0 Å². The molecule has 2 heterocycles. The van der Waals surface area contributed by atoms with Gasteiger partial charge >= 0.3 is 0 Å². The first kappa shape index (κ1) is 14.6. The number of nitrogens with one attached hydrogen (secondary N) is 1. The van der Waals surface area contributed by atoms with Gasteiger partial charge in [-0.3, -0.25) is 10.5 Å². The van der Waals surface area contributed by atoms with Crippen LogP contribution in [0.15, 0.2) is 18.5 Å². The van der Waals surface area contributed by atoms with Crippen molar-refractivity contribution < 1.29 is 0 Å².